The van der Waals surface area contributed by atoms with Gasteiger partial charge in [-0.1, -0.05) is 159 Å². The smallest absolute Gasteiger partial charge is 0.305 e. The highest BCUT2D eigenvalue weighted by atomic mass is 16.5. The second-order valence-electron chi connectivity index (χ2n) is 14.7. The first-order chi connectivity index (χ1) is 25.5. The van der Waals surface area contributed by atoms with Crippen molar-refractivity contribution in [3.05, 3.63) is 48.6 Å². The zero-order valence-corrected chi connectivity index (χ0v) is 34.0. The molecule has 6 heteroatoms. The average molecular weight is 730 g/mol. The van der Waals surface area contributed by atoms with E-state index < -0.39 is 12.1 Å². The van der Waals surface area contributed by atoms with Crippen molar-refractivity contribution in [2.24, 2.45) is 0 Å². The highest BCUT2D eigenvalue weighted by molar-refractivity contribution is 5.76. The fraction of sp³-hybridized carbons (Fsp3) is 0.783. The molecule has 0 aromatic carbocycles. The van der Waals surface area contributed by atoms with Crippen molar-refractivity contribution in [1.29, 1.82) is 0 Å². The first kappa shape index (κ1) is 49.8. The highest BCUT2D eigenvalue weighted by Crippen LogP contribution is 2.13. The molecule has 0 bridgehead atoms. The number of nitrogens with one attached hydrogen (secondary N) is 1. The number of hydrogen-bond donors (Lipinski definition) is 3. The van der Waals surface area contributed by atoms with Gasteiger partial charge in [0.05, 0.1) is 25.4 Å². The number of ether oxygens (including phenoxy) is 1. The van der Waals surface area contributed by atoms with Crippen LogP contribution < -0.4 is 5.32 Å². The van der Waals surface area contributed by atoms with Gasteiger partial charge in [-0.3, -0.25) is 9.59 Å². The molecule has 0 spiro atoms. The van der Waals surface area contributed by atoms with Crippen molar-refractivity contribution in [3.8, 4) is 0 Å². The SMILES string of the molecule is CCC/C=C\C/C=C\CCCCCCCC(=O)OCCCC/C=C\CCCCCCCC(=O)NC(CO)C(O)/C=C/CCCCCCCCCCC. The van der Waals surface area contributed by atoms with Crippen LogP contribution in [-0.4, -0.2) is 47.4 Å². The van der Waals surface area contributed by atoms with Crippen molar-refractivity contribution >= 4 is 11.9 Å². The van der Waals surface area contributed by atoms with E-state index >= 15 is 0 Å². The van der Waals surface area contributed by atoms with Crippen LogP contribution in [-0.2, 0) is 14.3 Å². The summed E-state index contributed by atoms with van der Waals surface area (Å²) in [5.74, 6) is -0.152. The van der Waals surface area contributed by atoms with Gasteiger partial charge in [0, 0.05) is 12.8 Å². The third kappa shape index (κ3) is 37.6. The molecule has 0 saturated heterocycles. The fourth-order valence-corrected chi connectivity index (χ4v) is 6.13. The van der Waals surface area contributed by atoms with Crippen LogP contribution in [0, 0.1) is 0 Å². The van der Waals surface area contributed by atoms with Gasteiger partial charge in [-0.2, -0.15) is 0 Å². The summed E-state index contributed by atoms with van der Waals surface area (Å²) >= 11 is 0. The van der Waals surface area contributed by atoms with Crippen LogP contribution in [0.2, 0.25) is 0 Å². The van der Waals surface area contributed by atoms with Crippen LogP contribution >= 0.6 is 0 Å². The van der Waals surface area contributed by atoms with Crippen LogP contribution in [0.15, 0.2) is 48.6 Å². The molecule has 1 amide bonds. The maximum absolute atomic E-state index is 12.3. The number of aliphatic hydroxyl groups is 2. The summed E-state index contributed by atoms with van der Waals surface area (Å²) in [5, 5.41) is 22.9. The minimum atomic E-state index is -0.862. The second-order valence-corrected chi connectivity index (χ2v) is 14.7. The van der Waals surface area contributed by atoms with Crippen LogP contribution in [0.1, 0.15) is 206 Å². The predicted octanol–water partition coefficient (Wildman–Crippen LogP) is 12.3. The molecule has 6 nitrogen and oxygen atoms in total. The minimum absolute atomic E-state index is 0.0502. The summed E-state index contributed by atoms with van der Waals surface area (Å²) in [5.41, 5.74) is 0. The lowest BCUT2D eigenvalue weighted by Crippen LogP contribution is -2.45. The molecule has 2 unspecified atom stereocenters. The number of esters is 1. The molecule has 3 N–H and O–H groups in total. The molecule has 0 radical (unpaired) electrons. The molecular weight excluding hydrogens is 647 g/mol. The molecule has 0 aromatic rings. The molecule has 0 aliphatic rings. The Morgan fingerprint density at radius 1 is 0.538 bits per heavy atom. The molecule has 0 aromatic heterocycles. The quantitative estimate of drug-likeness (QED) is 0.0332. The number of unbranched alkanes of at least 4 members (excludes halogenated alkanes) is 22. The van der Waals surface area contributed by atoms with E-state index in [0.29, 0.717) is 19.4 Å². The van der Waals surface area contributed by atoms with Crippen LogP contribution in [0.3, 0.4) is 0 Å². The molecule has 0 heterocycles. The summed E-state index contributed by atoms with van der Waals surface area (Å²) in [6.45, 7) is 4.71. The van der Waals surface area contributed by atoms with Crippen LogP contribution in [0.5, 0.6) is 0 Å². The van der Waals surface area contributed by atoms with Gasteiger partial charge in [0.15, 0.2) is 0 Å². The van der Waals surface area contributed by atoms with E-state index in [-0.39, 0.29) is 18.5 Å². The normalized spacial score (nSPS) is 13.2. The molecule has 0 rings (SSSR count). The van der Waals surface area contributed by atoms with Gasteiger partial charge >= 0.3 is 5.97 Å². The Bertz CT molecular complexity index is 895. The molecule has 52 heavy (non-hydrogen) atoms. The molecule has 0 aliphatic carbocycles. The number of aliphatic hydroxyl groups excluding tert-OH is 2. The molecule has 2 atom stereocenters. The lowest BCUT2D eigenvalue weighted by atomic mass is 10.1. The van der Waals surface area contributed by atoms with E-state index in [0.717, 1.165) is 96.3 Å². The number of carbonyl (C=O) groups excluding carboxylic acids is 2. The molecule has 0 fully saturated rings. The zero-order valence-electron chi connectivity index (χ0n) is 34.0. The Hall–Kier alpha value is -2.18. The van der Waals surface area contributed by atoms with E-state index in [1.54, 1.807) is 6.08 Å². The Kier molecular flexibility index (Phi) is 39.8. The Balaban J connectivity index is 3.59. The van der Waals surface area contributed by atoms with E-state index in [1.165, 1.54) is 83.5 Å². The summed E-state index contributed by atoms with van der Waals surface area (Å²) in [6.07, 6.45) is 49.5. The summed E-state index contributed by atoms with van der Waals surface area (Å²) in [7, 11) is 0. The Morgan fingerprint density at radius 2 is 1.00 bits per heavy atom. The largest absolute Gasteiger partial charge is 0.466 e. The van der Waals surface area contributed by atoms with Gasteiger partial charge in [-0.05, 0) is 83.5 Å². The van der Waals surface area contributed by atoms with E-state index in [9.17, 15) is 19.8 Å². The summed E-state index contributed by atoms with van der Waals surface area (Å²) in [4.78, 5) is 24.3. The lowest BCUT2D eigenvalue weighted by Gasteiger charge is -2.20. The number of carbonyl (C=O) groups is 2. The molecule has 0 aliphatic heterocycles. The maximum atomic E-state index is 12.3. The van der Waals surface area contributed by atoms with Crippen LogP contribution in [0.25, 0.3) is 0 Å². The molecule has 0 saturated carbocycles. The van der Waals surface area contributed by atoms with Gasteiger partial charge in [0.1, 0.15) is 0 Å². The first-order valence-corrected chi connectivity index (χ1v) is 21.9. The van der Waals surface area contributed by atoms with Crippen molar-refractivity contribution in [1.82, 2.24) is 5.32 Å². The van der Waals surface area contributed by atoms with Gasteiger partial charge in [-0.25, -0.2) is 0 Å². The molecular formula is C46H83NO5. The highest BCUT2D eigenvalue weighted by Gasteiger charge is 2.17. The third-order valence-corrected chi connectivity index (χ3v) is 9.54. The van der Waals surface area contributed by atoms with E-state index in [1.807, 2.05) is 6.08 Å². The number of amides is 1. The minimum Gasteiger partial charge on any atom is -0.466 e. The van der Waals surface area contributed by atoms with Crippen molar-refractivity contribution in [3.63, 3.8) is 0 Å². The monoisotopic (exact) mass is 730 g/mol. The van der Waals surface area contributed by atoms with Gasteiger partial charge in [-0.15, -0.1) is 0 Å². The predicted molar refractivity (Wildman–Crippen MR) is 222 cm³/mol. The summed E-state index contributed by atoms with van der Waals surface area (Å²) in [6, 6.07) is -0.648. The molecule has 302 valence electrons. The topological polar surface area (TPSA) is 95.9 Å². The van der Waals surface area contributed by atoms with Crippen molar-refractivity contribution in [2.75, 3.05) is 13.2 Å². The summed E-state index contributed by atoms with van der Waals surface area (Å²) < 4.78 is 5.40. The second kappa shape index (κ2) is 41.6. The fourth-order valence-electron chi connectivity index (χ4n) is 6.13. The van der Waals surface area contributed by atoms with Gasteiger partial charge in [0.2, 0.25) is 5.91 Å². The van der Waals surface area contributed by atoms with Crippen molar-refractivity contribution < 1.29 is 24.5 Å². The van der Waals surface area contributed by atoms with Gasteiger partial charge < -0.3 is 20.3 Å². The number of allylic oxidation sites excluding steroid dienone is 7. The van der Waals surface area contributed by atoms with E-state index in [4.69, 9.17) is 4.74 Å². The number of hydrogen-bond acceptors (Lipinski definition) is 5. The maximum Gasteiger partial charge on any atom is 0.305 e. The van der Waals surface area contributed by atoms with Gasteiger partial charge in [0.25, 0.3) is 0 Å². The Morgan fingerprint density at radius 3 is 1.56 bits per heavy atom. The Labute approximate surface area is 321 Å². The standard InChI is InChI=1S/C46H83NO5/c1-3-5-7-9-11-13-15-16-20-24-28-32-36-40-46(51)52-41-37-33-29-25-21-17-19-23-27-31-35-39-45(50)47-43(42-48)44(49)38-34-30-26-22-18-14-12-10-8-6-4-2/h7,9,13,15,21,25,34,38,43-44,48-49H,3-6,8,10-12,14,16-20,22-24,26-33,35-37,39-42H2,1-2H3,(H,47,50)/b9-7-,15-13-,25-21-,38-34+. The third-order valence-electron chi connectivity index (χ3n) is 9.54. The zero-order chi connectivity index (χ0) is 38.0. The van der Waals surface area contributed by atoms with Crippen molar-refractivity contribution in [2.45, 2.75) is 219 Å². The lowest BCUT2D eigenvalue weighted by molar-refractivity contribution is -0.143. The van der Waals surface area contributed by atoms with E-state index in [2.05, 4.69) is 55.6 Å². The number of rotatable bonds is 39. The first-order valence-electron chi connectivity index (χ1n) is 21.9. The average Bonchev–Trinajstić information content (AvgIpc) is 3.14. The van der Waals surface area contributed by atoms with Crippen LogP contribution in [0.4, 0.5) is 0 Å².